The van der Waals surface area contributed by atoms with Crippen LogP contribution in [0.25, 0.3) is 0 Å². The lowest BCUT2D eigenvalue weighted by atomic mass is 9.80. The Morgan fingerprint density at radius 3 is 1.92 bits per heavy atom. The quantitative estimate of drug-likeness (QED) is 0.637. The fourth-order valence-corrected chi connectivity index (χ4v) is 0.649. The number of nitriles is 1. The summed E-state index contributed by atoms with van der Waals surface area (Å²) in [4.78, 5) is 20.9. The molecule has 1 atom stereocenters. The van der Waals surface area contributed by atoms with Gasteiger partial charge in [-0.3, -0.25) is 9.59 Å². The van der Waals surface area contributed by atoms with Crippen LogP contribution in [-0.4, -0.2) is 22.2 Å². The number of hydrogen-bond donors (Lipinski definition) is 2. The maximum atomic E-state index is 10.5. The molecule has 0 rings (SSSR count). The van der Waals surface area contributed by atoms with Crippen LogP contribution in [0.1, 0.15) is 13.8 Å². The van der Waals surface area contributed by atoms with Gasteiger partial charge in [-0.2, -0.15) is 5.26 Å². The molecular formula is C7H9NO4. The summed E-state index contributed by atoms with van der Waals surface area (Å²) < 4.78 is 0. The molecule has 0 aliphatic carbocycles. The normalized spacial score (nSPS) is 13.1. The fourth-order valence-electron chi connectivity index (χ4n) is 0.649. The molecule has 5 heteroatoms. The Hall–Kier alpha value is -1.57. The van der Waals surface area contributed by atoms with Crippen LogP contribution in [-0.2, 0) is 9.59 Å². The minimum Gasteiger partial charge on any atom is -0.481 e. The van der Waals surface area contributed by atoms with Gasteiger partial charge in [0.1, 0.15) is 0 Å². The highest BCUT2D eigenvalue weighted by molar-refractivity contribution is 5.84. The maximum Gasteiger partial charge on any atom is 0.322 e. The van der Waals surface area contributed by atoms with Gasteiger partial charge in [0.2, 0.25) is 0 Å². The van der Waals surface area contributed by atoms with Gasteiger partial charge in [0.05, 0.1) is 11.5 Å². The van der Waals surface area contributed by atoms with E-state index in [1.165, 1.54) is 19.9 Å². The molecule has 66 valence electrons. The number of nitrogens with zero attached hydrogens (tertiary/aromatic N) is 1. The minimum atomic E-state index is -1.55. The number of rotatable bonds is 3. The van der Waals surface area contributed by atoms with E-state index >= 15 is 0 Å². The van der Waals surface area contributed by atoms with E-state index in [1.807, 2.05) is 0 Å². The molecule has 12 heavy (non-hydrogen) atoms. The van der Waals surface area contributed by atoms with Crippen LogP contribution < -0.4 is 0 Å². The van der Waals surface area contributed by atoms with Crippen molar-refractivity contribution in [2.24, 2.45) is 11.3 Å². The molecule has 1 unspecified atom stereocenters. The van der Waals surface area contributed by atoms with Crippen LogP contribution in [0.4, 0.5) is 0 Å². The van der Waals surface area contributed by atoms with E-state index in [0.29, 0.717) is 0 Å². The summed E-state index contributed by atoms with van der Waals surface area (Å²) in [5.74, 6) is -4.23. The smallest absolute Gasteiger partial charge is 0.322 e. The van der Waals surface area contributed by atoms with E-state index in [2.05, 4.69) is 0 Å². The summed E-state index contributed by atoms with van der Waals surface area (Å²) >= 11 is 0. The highest BCUT2D eigenvalue weighted by Gasteiger charge is 2.41. The molecule has 0 aliphatic heterocycles. The predicted molar refractivity (Wildman–Crippen MR) is 38.2 cm³/mol. The summed E-state index contributed by atoms with van der Waals surface area (Å²) in [6.45, 7) is 2.41. The van der Waals surface area contributed by atoms with Gasteiger partial charge >= 0.3 is 11.9 Å². The first kappa shape index (κ1) is 10.4. The van der Waals surface area contributed by atoms with Gasteiger partial charge in [0, 0.05) is 0 Å². The Morgan fingerprint density at radius 1 is 1.42 bits per heavy atom. The van der Waals surface area contributed by atoms with E-state index in [0.717, 1.165) is 0 Å². The van der Waals surface area contributed by atoms with E-state index in [4.69, 9.17) is 15.5 Å². The molecule has 0 saturated carbocycles. The predicted octanol–water partition coefficient (Wildman–Crippen LogP) is 0.322. The van der Waals surface area contributed by atoms with Gasteiger partial charge < -0.3 is 10.2 Å². The van der Waals surface area contributed by atoms with Crippen LogP contribution in [0.2, 0.25) is 0 Å². The van der Waals surface area contributed by atoms with Crippen molar-refractivity contribution in [3.63, 3.8) is 0 Å². The lowest BCUT2D eigenvalue weighted by Crippen LogP contribution is -2.36. The third-order valence-corrected chi connectivity index (χ3v) is 1.65. The number of carboxylic acid groups (broad SMARTS) is 2. The second-order valence-corrected chi connectivity index (χ2v) is 2.93. The molecule has 0 aromatic rings. The van der Waals surface area contributed by atoms with Crippen LogP contribution in [0.3, 0.4) is 0 Å². The zero-order valence-electron chi connectivity index (χ0n) is 6.74. The number of hydrogen-bond acceptors (Lipinski definition) is 3. The number of aliphatic carboxylic acids is 2. The Morgan fingerprint density at radius 2 is 1.83 bits per heavy atom. The van der Waals surface area contributed by atoms with Gasteiger partial charge in [-0.05, 0) is 13.8 Å². The summed E-state index contributed by atoms with van der Waals surface area (Å²) in [5, 5.41) is 25.4. The Bertz CT molecular complexity index is 251. The first-order valence-corrected chi connectivity index (χ1v) is 3.20. The number of carboxylic acids is 2. The van der Waals surface area contributed by atoms with Crippen molar-refractivity contribution in [1.29, 1.82) is 5.26 Å². The van der Waals surface area contributed by atoms with Gasteiger partial charge in [-0.1, -0.05) is 0 Å². The molecule has 0 heterocycles. The summed E-state index contributed by atoms with van der Waals surface area (Å²) in [5.41, 5.74) is -1.55. The lowest BCUT2D eigenvalue weighted by molar-refractivity contribution is -0.157. The first-order valence-electron chi connectivity index (χ1n) is 3.20. The average molecular weight is 171 g/mol. The topological polar surface area (TPSA) is 98.4 Å². The zero-order valence-corrected chi connectivity index (χ0v) is 6.74. The molecule has 0 amide bonds. The van der Waals surface area contributed by atoms with Gasteiger partial charge in [0.25, 0.3) is 0 Å². The standard InChI is InChI=1S/C7H9NO4/c1-7(2,6(11)12)4(3-8)5(9)10/h4H,1-2H3,(H,9,10)(H,11,12). The second-order valence-electron chi connectivity index (χ2n) is 2.93. The molecule has 0 bridgehead atoms. The summed E-state index contributed by atoms with van der Waals surface area (Å²) in [6, 6.07) is 1.44. The molecular weight excluding hydrogens is 162 g/mol. The minimum absolute atomic E-state index is 1.21. The van der Waals surface area contributed by atoms with Crippen molar-refractivity contribution in [2.45, 2.75) is 13.8 Å². The SMILES string of the molecule is CC(C)(C(=O)O)C(C#N)C(=O)O. The van der Waals surface area contributed by atoms with Crippen molar-refractivity contribution in [3.8, 4) is 6.07 Å². The van der Waals surface area contributed by atoms with Crippen molar-refractivity contribution in [3.05, 3.63) is 0 Å². The van der Waals surface area contributed by atoms with Crippen molar-refractivity contribution >= 4 is 11.9 Å². The van der Waals surface area contributed by atoms with E-state index in [-0.39, 0.29) is 0 Å². The Labute approximate surface area is 69.2 Å². The molecule has 0 radical (unpaired) electrons. The van der Waals surface area contributed by atoms with Crippen LogP contribution in [0, 0.1) is 22.7 Å². The molecule has 0 aromatic carbocycles. The summed E-state index contributed by atoms with van der Waals surface area (Å²) in [7, 11) is 0. The van der Waals surface area contributed by atoms with E-state index < -0.39 is 23.3 Å². The lowest BCUT2D eigenvalue weighted by Gasteiger charge is -2.20. The zero-order chi connectivity index (χ0) is 9.94. The third kappa shape index (κ3) is 1.72. The van der Waals surface area contributed by atoms with Crippen LogP contribution >= 0.6 is 0 Å². The highest BCUT2D eigenvalue weighted by atomic mass is 16.4. The fraction of sp³-hybridized carbons (Fsp3) is 0.571. The van der Waals surface area contributed by atoms with E-state index in [9.17, 15) is 9.59 Å². The van der Waals surface area contributed by atoms with Crippen LogP contribution in [0.15, 0.2) is 0 Å². The third-order valence-electron chi connectivity index (χ3n) is 1.65. The summed E-state index contributed by atoms with van der Waals surface area (Å²) in [6.07, 6.45) is 0. The second kappa shape index (κ2) is 3.22. The largest absolute Gasteiger partial charge is 0.481 e. The van der Waals surface area contributed by atoms with E-state index in [1.54, 1.807) is 0 Å². The molecule has 5 nitrogen and oxygen atoms in total. The molecule has 0 fully saturated rings. The first-order chi connectivity index (χ1) is 5.34. The van der Waals surface area contributed by atoms with Crippen molar-refractivity contribution in [2.75, 3.05) is 0 Å². The molecule has 0 saturated heterocycles. The van der Waals surface area contributed by atoms with Gasteiger partial charge in [-0.25, -0.2) is 0 Å². The molecule has 0 aromatic heterocycles. The Kier molecular flexibility index (Phi) is 2.80. The average Bonchev–Trinajstić information content (AvgIpc) is 1.86. The van der Waals surface area contributed by atoms with Gasteiger partial charge in [0.15, 0.2) is 5.92 Å². The molecule has 2 N–H and O–H groups in total. The van der Waals surface area contributed by atoms with Crippen molar-refractivity contribution in [1.82, 2.24) is 0 Å². The highest BCUT2D eigenvalue weighted by Crippen LogP contribution is 2.26. The Balaban J connectivity index is 4.87. The molecule has 0 spiro atoms. The van der Waals surface area contributed by atoms with Gasteiger partial charge in [-0.15, -0.1) is 0 Å². The van der Waals surface area contributed by atoms with Crippen LogP contribution in [0.5, 0.6) is 0 Å². The maximum absolute atomic E-state index is 10.5. The van der Waals surface area contributed by atoms with Crippen molar-refractivity contribution < 1.29 is 19.8 Å². The number of carbonyl (C=O) groups is 2. The molecule has 0 aliphatic rings. The monoisotopic (exact) mass is 171 g/mol.